The highest BCUT2D eigenvalue weighted by molar-refractivity contribution is 6.56. The maximum atomic E-state index is 5.87. The summed E-state index contributed by atoms with van der Waals surface area (Å²) >= 11 is 0. The largest absolute Gasteiger partial charge is 0.434 e. The Kier molecular flexibility index (Phi) is 3.28. The zero-order valence-corrected chi connectivity index (χ0v) is 8.37. The lowest BCUT2D eigenvalue weighted by Crippen LogP contribution is -2.38. The van der Waals surface area contributed by atoms with Crippen LogP contribution in [0.1, 0.15) is 38.5 Å². The predicted octanol–water partition coefficient (Wildman–Crippen LogP) is 2.06. The lowest BCUT2D eigenvalue weighted by Gasteiger charge is -2.39. The molecule has 0 unspecified atom stereocenters. The van der Waals surface area contributed by atoms with Gasteiger partial charge in [0.25, 0.3) is 6.92 Å². The molecule has 2 N–H and O–H groups in total. The standard InChI is InChI=1S/C10H20BNO/c12-7-8-13-11-9-3-1-4-10(11)6-2-5-9/h9-10H,1-8,12H2. The molecule has 0 aromatic rings. The monoisotopic (exact) mass is 181 g/mol. The normalized spacial score (nSPS) is 33.5. The number of rotatable bonds is 3. The Labute approximate surface area is 81.3 Å². The van der Waals surface area contributed by atoms with Gasteiger partial charge in [-0.1, -0.05) is 38.5 Å². The van der Waals surface area contributed by atoms with Gasteiger partial charge in [-0.2, -0.15) is 0 Å². The highest BCUT2D eigenvalue weighted by atomic mass is 16.4. The fourth-order valence-corrected chi connectivity index (χ4v) is 3.09. The maximum Gasteiger partial charge on any atom is 0.299 e. The van der Waals surface area contributed by atoms with Crippen LogP contribution in [-0.2, 0) is 4.65 Å². The Hall–Kier alpha value is -0.0151. The van der Waals surface area contributed by atoms with Crippen LogP contribution in [-0.4, -0.2) is 20.1 Å². The fraction of sp³-hybridized carbons (Fsp3) is 1.00. The molecule has 2 heterocycles. The average molecular weight is 181 g/mol. The van der Waals surface area contributed by atoms with Gasteiger partial charge in [-0.15, -0.1) is 0 Å². The summed E-state index contributed by atoms with van der Waals surface area (Å²) in [6.45, 7) is 2.00. The second kappa shape index (κ2) is 4.47. The molecule has 0 atom stereocenters. The van der Waals surface area contributed by atoms with Crippen molar-refractivity contribution in [2.75, 3.05) is 13.2 Å². The van der Waals surface area contributed by atoms with Gasteiger partial charge < -0.3 is 10.4 Å². The highest BCUT2D eigenvalue weighted by Gasteiger charge is 2.40. The van der Waals surface area contributed by atoms with E-state index in [1.54, 1.807) is 0 Å². The Morgan fingerprint density at radius 3 is 2.08 bits per heavy atom. The van der Waals surface area contributed by atoms with E-state index in [1.807, 2.05) is 0 Å². The summed E-state index contributed by atoms with van der Waals surface area (Å²) in [6, 6.07) is 0. The van der Waals surface area contributed by atoms with E-state index in [4.69, 9.17) is 10.4 Å². The molecule has 3 heteroatoms. The zero-order chi connectivity index (χ0) is 9.10. The van der Waals surface area contributed by atoms with Crippen molar-refractivity contribution in [3.63, 3.8) is 0 Å². The summed E-state index contributed by atoms with van der Waals surface area (Å²) in [4.78, 5) is 0. The van der Waals surface area contributed by atoms with Crippen LogP contribution >= 0.6 is 0 Å². The van der Waals surface area contributed by atoms with Crippen LogP contribution in [0.5, 0.6) is 0 Å². The first-order valence-electron chi connectivity index (χ1n) is 5.73. The van der Waals surface area contributed by atoms with E-state index in [0.29, 0.717) is 13.5 Å². The minimum atomic E-state index is 0.561. The van der Waals surface area contributed by atoms with Crippen LogP contribution < -0.4 is 5.73 Å². The second-order valence-electron chi connectivity index (χ2n) is 4.51. The molecule has 2 fully saturated rings. The Morgan fingerprint density at radius 2 is 1.62 bits per heavy atom. The minimum Gasteiger partial charge on any atom is -0.434 e. The van der Waals surface area contributed by atoms with Crippen molar-refractivity contribution in [3.8, 4) is 0 Å². The van der Waals surface area contributed by atoms with Gasteiger partial charge >= 0.3 is 0 Å². The van der Waals surface area contributed by atoms with Gasteiger partial charge in [0.05, 0.1) is 0 Å². The Balaban J connectivity index is 1.90. The van der Waals surface area contributed by atoms with Crippen LogP contribution in [0.25, 0.3) is 0 Å². The fourth-order valence-electron chi connectivity index (χ4n) is 3.09. The molecule has 0 spiro atoms. The first kappa shape index (κ1) is 9.54. The lowest BCUT2D eigenvalue weighted by atomic mass is 9.38. The van der Waals surface area contributed by atoms with E-state index in [1.165, 1.54) is 38.5 Å². The van der Waals surface area contributed by atoms with Crippen LogP contribution in [0.15, 0.2) is 0 Å². The van der Waals surface area contributed by atoms with Crippen LogP contribution in [0.2, 0.25) is 11.6 Å². The van der Waals surface area contributed by atoms with Crippen molar-refractivity contribution in [1.82, 2.24) is 0 Å². The molecule has 0 aromatic carbocycles. The molecule has 2 aliphatic rings. The van der Waals surface area contributed by atoms with E-state index in [2.05, 4.69) is 0 Å². The first-order valence-corrected chi connectivity index (χ1v) is 5.73. The van der Waals surface area contributed by atoms with Crippen molar-refractivity contribution in [1.29, 1.82) is 0 Å². The average Bonchev–Trinajstić information content (AvgIpc) is 2.14. The molecule has 0 saturated carbocycles. The summed E-state index contributed by atoms with van der Waals surface area (Å²) in [5, 5.41) is 0. The summed E-state index contributed by atoms with van der Waals surface area (Å²) < 4.78 is 5.87. The van der Waals surface area contributed by atoms with Gasteiger partial charge in [0, 0.05) is 13.2 Å². The lowest BCUT2D eigenvalue weighted by molar-refractivity contribution is 0.275. The molecule has 2 rings (SSSR count). The van der Waals surface area contributed by atoms with Gasteiger partial charge in [0.1, 0.15) is 0 Å². The van der Waals surface area contributed by atoms with E-state index in [0.717, 1.165) is 18.2 Å². The Morgan fingerprint density at radius 1 is 1.08 bits per heavy atom. The van der Waals surface area contributed by atoms with Crippen molar-refractivity contribution >= 4 is 6.92 Å². The van der Waals surface area contributed by atoms with Crippen molar-refractivity contribution < 1.29 is 4.65 Å². The Bertz CT molecular complexity index is 143. The number of nitrogens with two attached hydrogens (primary N) is 1. The molecule has 2 saturated heterocycles. The second-order valence-corrected chi connectivity index (χ2v) is 4.51. The minimum absolute atomic E-state index is 0.561. The summed E-state index contributed by atoms with van der Waals surface area (Å²) in [5.41, 5.74) is 5.47. The van der Waals surface area contributed by atoms with Gasteiger partial charge in [-0.05, 0) is 11.6 Å². The van der Waals surface area contributed by atoms with Crippen molar-refractivity contribution in [2.45, 2.75) is 50.2 Å². The molecule has 13 heavy (non-hydrogen) atoms. The van der Waals surface area contributed by atoms with Gasteiger partial charge in [-0.25, -0.2) is 0 Å². The topological polar surface area (TPSA) is 35.2 Å². The van der Waals surface area contributed by atoms with Gasteiger partial charge in [0.2, 0.25) is 0 Å². The quantitative estimate of drug-likeness (QED) is 0.676. The number of fused-ring (bicyclic) bond motifs is 2. The first-order chi connectivity index (χ1) is 6.42. The third-order valence-corrected chi connectivity index (χ3v) is 3.66. The van der Waals surface area contributed by atoms with Crippen molar-refractivity contribution in [2.24, 2.45) is 5.73 Å². The predicted molar refractivity (Wildman–Crippen MR) is 56.0 cm³/mol. The van der Waals surface area contributed by atoms with Crippen LogP contribution in [0.4, 0.5) is 0 Å². The maximum absolute atomic E-state index is 5.87. The third kappa shape index (κ3) is 2.08. The van der Waals surface area contributed by atoms with E-state index >= 15 is 0 Å². The summed E-state index contributed by atoms with van der Waals surface area (Å²) in [5.74, 6) is 1.72. The molecule has 0 aliphatic carbocycles. The summed E-state index contributed by atoms with van der Waals surface area (Å²) in [7, 11) is 0. The molecule has 2 nitrogen and oxygen atoms in total. The van der Waals surface area contributed by atoms with E-state index in [-0.39, 0.29) is 0 Å². The van der Waals surface area contributed by atoms with Gasteiger partial charge in [0.15, 0.2) is 0 Å². The third-order valence-electron chi connectivity index (χ3n) is 3.66. The van der Waals surface area contributed by atoms with Crippen LogP contribution in [0.3, 0.4) is 0 Å². The molecule has 74 valence electrons. The molecule has 0 radical (unpaired) electrons. The summed E-state index contributed by atoms with van der Waals surface area (Å²) in [6.07, 6.45) is 8.44. The van der Waals surface area contributed by atoms with Crippen LogP contribution in [0, 0.1) is 0 Å². The highest BCUT2D eigenvalue weighted by Crippen LogP contribution is 2.46. The molecule has 0 amide bonds. The number of hydrogen-bond acceptors (Lipinski definition) is 2. The molecule has 2 bridgehead atoms. The molecule has 0 aromatic heterocycles. The SMILES string of the molecule is NCCOB1C2CCCC1CCC2. The van der Waals surface area contributed by atoms with Gasteiger partial charge in [-0.3, -0.25) is 0 Å². The van der Waals surface area contributed by atoms with Crippen molar-refractivity contribution in [3.05, 3.63) is 0 Å². The molecular weight excluding hydrogens is 161 g/mol. The van der Waals surface area contributed by atoms with E-state index in [9.17, 15) is 0 Å². The van der Waals surface area contributed by atoms with E-state index < -0.39 is 0 Å². The number of hydrogen-bond donors (Lipinski definition) is 1. The smallest absolute Gasteiger partial charge is 0.299 e. The zero-order valence-electron chi connectivity index (χ0n) is 8.37. The molecule has 2 aliphatic heterocycles. The molecular formula is C10H20BNO.